The van der Waals surface area contributed by atoms with Crippen molar-refractivity contribution in [3.63, 3.8) is 0 Å². The van der Waals surface area contributed by atoms with Gasteiger partial charge in [0, 0.05) is 44.3 Å². The maximum absolute atomic E-state index is 14.2. The highest BCUT2D eigenvalue weighted by Gasteiger charge is 2.38. The lowest BCUT2D eigenvalue weighted by atomic mass is 9.85. The van der Waals surface area contributed by atoms with E-state index < -0.39 is 6.43 Å². The molecule has 0 unspecified atom stereocenters. The molecular weight excluding hydrogens is 607 g/mol. The highest BCUT2D eigenvalue weighted by Crippen LogP contribution is 2.34. The van der Waals surface area contributed by atoms with Gasteiger partial charge in [-0.05, 0) is 55.7 Å². The molecule has 2 aliphatic heterocycles. The largest absolute Gasteiger partial charge is 0.378 e. The van der Waals surface area contributed by atoms with E-state index in [0.717, 1.165) is 44.2 Å². The first kappa shape index (κ1) is 31.8. The fraction of sp³-hybridized carbons (Fsp3) is 0.514. The Morgan fingerprint density at radius 3 is 2.47 bits per heavy atom. The first-order valence-electron chi connectivity index (χ1n) is 16.7. The molecule has 2 atom stereocenters. The van der Waals surface area contributed by atoms with Gasteiger partial charge in [-0.2, -0.15) is 9.97 Å². The van der Waals surface area contributed by atoms with E-state index in [0.29, 0.717) is 80.0 Å². The molecule has 0 spiro atoms. The summed E-state index contributed by atoms with van der Waals surface area (Å²) in [5.41, 5.74) is 2.19. The minimum absolute atomic E-state index is 0.0428. The molecule has 12 heteroatoms. The van der Waals surface area contributed by atoms with Crippen molar-refractivity contribution in [3.05, 3.63) is 72.1 Å². The van der Waals surface area contributed by atoms with Crippen LogP contribution in [0.2, 0.25) is 0 Å². The van der Waals surface area contributed by atoms with Gasteiger partial charge in [-0.1, -0.05) is 42.5 Å². The number of ether oxygens (including phenoxy) is 2. The third-order valence-corrected chi connectivity index (χ3v) is 9.79. The van der Waals surface area contributed by atoms with Gasteiger partial charge in [0.2, 0.25) is 5.95 Å². The Morgan fingerprint density at radius 2 is 1.70 bits per heavy atom. The van der Waals surface area contributed by atoms with Crippen molar-refractivity contribution in [1.82, 2.24) is 24.4 Å². The topological polar surface area (TPSA) is 80.6 Å². The Labute approximate surface area is 273 Å². The first-order valence-corrected chi connectivity index (χ1v) is 16.7. The number of hydrogen-bond acceptors (Lipinski definition) is 8. The van der Waals surface area contributed by atoms with Gasteiger partial charge in [-0.3, -0.25) is 9.47 Å². The summed E-state index contributed by atoms with van der Waals surface area (Å²) in [5, 5.41) is 3.51. The number of anilines is 2. The SMILES string of the molecule is FC[C@@H]1C[C@@H](OCc2ccccc2)CN1C1CCC(CNc2cc(-n3c(C(F)F)nc4ccccc43)nc(N3CCOCC3)n2)CC1. The first-order chi connectivity index (χ1) is 23.1. The van der Waals surface area contributed by atoms with Gasteiger partial charge in [-0.25, -0.2) is 18.2 Å². The number of rotatable bonds is 11. The summed E-state index contributed by atoms with van der Waals surface area (Å²) < 4.78 is 55.7. The quantitative estimate of drug-likeness (QED) is 0.206. The van der Waals surface area contributed by atoms with Crippen molar-refractivity contribution in [2.75, 3.05) is 56.3 Å². The van der Waals surface area contributed by atoms with Gasteiger partial charge in [0.1, 0.15) is 18.3 Å². The van der Waals surface area contributed by atoms with Crippen LogP contribution < -0.4 is 10.2 Å². The molecule has 3 aliphatic rings. The number of para-hydroxylation sites is 2. The third kappa shape index (κ3) is 7.24. The second kappa shape index (κ2) is 14.6. The summed E-state index contributed by atoms with van der Waals surface area (Å²) >= 11 is 0. The molecule has 3 fully saturated rings. The molecule has 2 aromatic carbocycles. The summed E-state index contributed by atoms with van der Waals surface area (Å²) in [5.74, 6) is 1.49. The Kier molecular flexibility index (Phi) is 9.87. The van der Waals surface area contributed by atoms with Gasteiger partial charge < -0.3 is 19.7 Å². The molecule has 1 aliphatic carbocycles. The minimum Gasteiger partial charge on any atom is -0.378 e. The van der Waals surface area contributed by atoms with Gasteiger partial charge in [-0.15, -0.1) is 0 Å². The molecule has 7 rings (SSSR count). The van der Waals surface area contributed by atoms with E-state index in [1.807, 2.05) is 29.2 Å². The number of morpholine rings is 1. The smallest absolute Gasteiger partial charge is 0.296 e. The molecule has 1 saturated carbocycles. The van der Waals surface area contributed by atoms with Crippen LogP contribution in [0.15, 0.2) is 60.7 Å². The molecule has 47 heavy (non-hydrogen) atoms. The maximum Gasteiger partial charge on any atom is 0.296 e. The van der Waals surface area contributed by atoms with Crippen LogP contribution in [0.4, 0.5) is 24.9 Å². The molecule has 9 nitrogen and oxygen atoms in total. The van der Waals surface area contributed by atoms with Crippen LogP contribution in [0.3, 0.4) is 0 Å². The van der Waals surface area contributed by atoms with Crippen LogP contribution >= 0.6 is 0 Å². The average molecular weight is 650 g/mol. The van der Waals surface area contributed by atoms with Gasteiger partial charge in [0.15, 0.2) is 5.82 Å². The van der Waals surface area contributed by atoms with Gasteiger partial charge in [0.25, 0.3) is 6.43 Å². The molecule has 4 aromatic rings. The zero-order valence-corrected chi connectivity index (χ0v) is 26.5. The Bertz CT molecular complexity index is 1610. The van der Waals surface area contributed by atoms with E-state index in [1.165, 1.54) is 4.57 Å². The Balaban J connectivity index is 1.02. The number of fused-ring (bicyclic) bond motifs is 1. The summed E-state index contributed by atoms with van der Waals surface area (Å²) in [6.45, 7) is 4.01. The summed E-state index contributed by atoms with van der Waals surface area (Å²) in [4.78, 5) is 18.2. The molecule has 0 bridgehead atoms. The lowest BCUT2D eigenvalue weighted by Crippen LogP contribution is -2.43. The fourth-order valence-electron chi connectivity index (χ4n) is 7.30. The third-order valence-electron chi connectivity index (χ3n) is 9.79. The predicted octanol–water partition coefficient (Wildman–Crippen LogP) is 6.19. The number of nitrogens with zero attached hydrogens (tertiary/aromatic N) is 6. The van der Waals surface area contributed by atoms with E-state index in [-0.39, 0.29) is 24.6 Å². The van der Waals surface area contributed by atoms with Crippen LogP contribution in [0.5, 0.6) is 0 Å². The number of aromatic nitrogens is 4. The van der Waals surface area contributed by atoms with E-state index in [9.17, 15) is 13.2 Å². The van der Waals surface area contributed by atoms with Crippen molar-refractivity contribution in [2.24, 2.45) is 5.92 Å². The molecular formula is C35H42F3N7O2. The fourth-order valence-corrected chi connectivity index (χ4v) is 7.30. The van der Waals surface area contributed by atoms with Crippen molar-refractivity contribution < 1.29 is 22.6 Å². The molecule has 250 valence electrons. The average Bonchev–Trinajstić information content (AvgIpc) is 3.73. The highest BCUT2D eigenvalue weighted by molar-refractivity contribution is 5.78. The number of imidazole rings is 1. The Morgan fingerprint density at radius 1 is 0.936 bits per heavy atom. The van der Waals surface area contributed by atoms with Crippen LogP contribution in [-0.4, -0.2) is 88.7 Å². The number of halogens is 3. The molecule has 1 N–H and O–H groups in total. The number of hydrogen-bond donors (Lipinski definition) is 1. The number of benzene rings is 2. The van der Waals surface area contributed by atoms with Crippen LogP contribution in [0.1, 0.15) is 49.9 Å². The van der Waals surface area contributed by atoms with Crippen LogP contribution in [0.25, 0.3) is 16.9 Å². The van der Waals surface area contributed by atoms with Crippen molar-refractivity contribution in [1.29, 1.82) is 0 Å². The van der Waals surface area contributed by atoms with E-state index in [4.69, 9.17) is 19.4 Å². The van der Waals surface area contributed by atoms with Crippen LogP contribution in [-0.2, 0) is 16.1 Å². The Hall–Kier alpha value is -3.74. The summed E-state index contributed by atoms with van der Waals surface area (Å²) in [6.07, 6.45) is 2.03. The maximum atomic E-state index is 14.2. The molecule has 0 amide bonds. The lowest BCUT2D eigenvalue weighted by molar-refractivity contribution is 0.0394. The van der Waals surface area contributed by atoms with E-state index in [1.54, 1.807) is 24.3 Å². The summed E-state index contributed by atoms with van der Waals surface area (Å²) in [7, 11) is 0. The van der Waals surface area contributed by atoms with Gasteiger partial charge in [0.05, 0.1) is 37.0 Å². The molecule has 4 heterocycles. The van der Waals surface area contributed by atoms with Crippen LogP contribution in [0, 0.1) is 5.92 Å². The minimum atomic E-state index is -2.77. The second-order valence-corrected chi connectivity index (χ2v) is 12.8. The van der Waals surface area contributed by atoms with Gasteiger partial charge >= 0.3 is 0 Å². The van der Waals surface area contributed by atoms with Crippen molar-refractivity contribution >= 4 is 22.8 Å². The second-order valence-electron chi connectivity index (χ2n) is 12.8. The monoisotopic (exact) mass is 649 g/mol. The van der Waals surface area contributed by atoms with E-state index in [2.05, 4.69) is 27.3 Å². The number of nitrogens with one attached hydrogen (secondary N) is 1. The van der Waals surface area contributed by atoms with Crippen molar-refractivity contribution in [2.45, 2.75) is 63.3 Å². The highest BCUT2D eigenvalue weighted by atomic mass is 19.3. The van der Waals surface area contributed by atoms with Crippen molar-refractivity contribution in [3.8, 4) is 5.82 Å². The number of likely N-dealkylation sites (tertiary alicyclic amines) is 1. The normalized spacial score (nSPS) is 24.0. The molecule has 2 aromatic heterocycles. The standard InChI is InChI=1S/C35H42F3N7O2/c36-20-27-18-28(47-23-25-6-2-1-3-7-25)22-44(27)26-12-10-24(11-13-26)21-39-31-19-32(42-35(41-31)43-14-16-46-17-15-43)45-30-9-5-4-8-29(30)40-34(45)33(37)38/h1-9,19,24,26-28,33H,10-18,20-23H2,(H,39,41,42)/t24?,26?,27-,28+/m0/s1. The lowest BCUT2D eigenvalue weighted by Gasteiger charge is -2.37. The predicted molar refractivity (Wildman–Crippen MR) is 175 cm³/mol. The zero-order valence-electron chi connectivity index (χ0n) is 26.5. The zero-order chi connectivity index (χ0) is 32.2. The molecule has 2 saturated heterocycles. The molecule has 0 radical (unpaired) electrons. The van der Waals surface area contributed by atoms with E-state index >= 15 is 0 Å². The summed E-state index contributed by atoms with van der Waals surface area (Å²) in [6, 6.07) is 19.2. The number of alkyl halides is 3.